The summed E-state index contributed by atoms with van der Waals surface area (Å²) in [5, 5.41) is 10.4. The zero-order valence-electron chi connectivity index (χ0n) is 16.0. The fourth-order valence-corrected chi connectivity index (χ4v) is 2.85. The molecule has 4 rings (SSSR count). The van der Waals surface area contributed by atoms with Gasteiger partial charge in [-0.1, -0.05) is 6.07 Å². The summed E-state index contributed by atoms with van der Waals surface area (Å²) in [6.45, 7) is 3.75. The molecule has 0 radical (unpaired) electrons. The molecule has 0 fully saturated rings. The van der Waals surface area contributed by atoms with Gasteiger partial charge in [-0.3, -0.25) is 4.79 Å². The van der Waals surface area contributed by atoms with E-state index in [1.54, 1.807) is 17.1 Å². The Kier molecular flexibility index (Phi) is 4.98. The second-order valence-corrected chi connectivity index (χ2v) is 6.44. The highest BCUT2D eigenvalue weighted by atomic mass is 16.1. The molecule has 0 atom stereocenters. The molecule has 0 spiro atoms. The number of carbonyl (C=O) groups excluding carboxylic acids is 1. The average molecular weight is 385 g/mol. The van der Waals surface area contributed by atoms with Gasteiger partial charge >= 0.3 is 0 Å². The van der Waals surface area contributed by atoms with Crippen molar-refractivity contribution in [1.29, 1.82) is 0 Å². The second kappa shape index (κ2) is 7.89. The van der Waals surface area contributed by atoms with Crippen LogP contribution in [0.1, 0.15) is 21.7 Å². The number of benzene rings is 1. The number of hydrogen-bond acceptors (Lipinski definition) is 6. The minimum Gasteiger partial charge on any atom is -0.340 e. The number of rotatable bonds is 5. The van der Waals surface area contributed by atoms with E-state index in [0.717, 1.165) is 17.1 Å². The first-order chi connectivity index (χ1) is 14.1. The Hall–Kier alpha value is -4.07. The molecule has 0 unspecified atom stereocenters. The maximum atomic E-state index is 12.7. The third kappa shape index (κ3) is 4.11. The van der Waals surface area contributed by atoms with Gasteiger partial charge in [0.1, 0.15) is 12.1 Å². The number of hydrogen-bond donors (Lipinski definition) is 2. The molecule has 0 saturated heterocycles. The van der Waals surface area contributed by atoms with E-state index in [2.05, 4.69) is 30.7 Å². The molecule has 1 amide bonds. The van der Waals surface area contributed by atoms with Crippen molar-refractivity contribution in [2.24, 2.45) is 0 Å². The lowest BCUT2D eigenvalue weighted by Gasteiger charge is -2.08. The highest BCUT2D eigenvalue weighted by Gasteiger charge is 2.15. The summed E-state index contributed by atoms with van der Waals surface area (Å²) in [5.41, 5.74) is 3.64. The van der Waals surface area contributed by atoms with Gasteiger partial charge in [-0.25, -0.2) is 19.6 Å². The molecule has 3 aromatic heterocycles. The SMILES string of the molecule is Cc1cc(Nc2ccc(NC(=O)c3cnn(-c4ccccn4)c3C)cc2)ncn1. The molecule has 0 saturated carbocycles. The Balaban J connectivity index is 1.46. The van der Waals surface area contributed by atoms with Crippen molar-refractivity contribution >= 4 is 23.1 Å². The fourth-order valence-electron chi connectivity index (χ4n) is 2.85. The molecule has 144 valence electrons. The zero-order valence-corrected chi connectivity index (χ0v) is 16.0. The lowest BCUT2D eigenvalue weighted by Crippen LogP contribution is -2.13. The molecule has 0 aliphatic rings. The van der Waals surface area contributed by atoms with E-state index in [9.17, 15) is 4.79 Å². The average Bonchev–Trinajstić information content (AvgIpc) is 3.12. The Morgan fingerprint density at radius 2 is 1.76 bits per heavy atom. The normalized spacial score (nSPS) is 10.6. The highest BCUT2D eigenvalue weighted by molar-refractivity contribution is 6.05. The second-order valence-electron chi connectivity index (χ2n) is 6.44. The van der Waals surface area contributed by atoms with Gasteiger partial charge in [-0.15, -0.1) is 0 Å². The van der Waals surface area contributed by atoms with Crippen molar-refractivity contribution in [3.05, 3.63) is 84.2 Å². The van der Waals surface area contributed by atoms with Crippen LogP contribution < -0.4 is 10.6 Å². The summed E-state index contributed by atoms with van der Waals surface area (Å²) in [5.74, 6) is 1.16. The molecule has 1 aromatic carbocycles. The van der Waals surface area contributed by atoms with Crippen LogP contribution in [0.5, 0.6) is 0 Å². The topological polar surface area (TPSA) is 97.6 Å². The molecule has 4 aromatic rings. The predicted octanol–water partition coefficient (Wildman–Crippen LogP) is 3.67. The molecule has 2 N–H and O–H groups in total. The standard InChI is InChI=1S/C21H19N7O/c1-14-11-19(24-13-23-14)26-16-6-8-17(9-7-16)27-21(29)18-12-25-28(15(18)2)20-5-3-4-10-22-20/h3-13H,1-2H3,(H,27,29)(H,23,24,26). The van der Waals surface area contributed by atoms with Crippen molar-refractivity contribution < 1.29 is 4.79 Å². The van der Waals surface area contributed by atoms with Crippen LogP contribution in [-0.2, 0) is 0 Å². The van der Waals surface area contributed by atoms with Crippen molar-refractivity contribution in [2.75, 3.05) is 10.6 Å². The molecule has 8 heteroatoms. The quantitative estimate of drug-likeness (QED) is 0.544. The molecular formula is C21H19N7O. The van der Waals surface area contributed by atoms with E-state index in [4.69, 9.17) is 0 Å². The van der Waals surface area contributed by atoms with Crippen LogP contribution in [0, 0.1) is 13.8 Å². The van der Waals surface area contributed by atoms with Crippen LogP contribution in [0.3, 0.4) is 0 Å². The van der Waals surface area contributed by atoms with Crippen LogP contribution in [0.4, 0.5) is 17.2 Å². The van der Waals surface area contributed by atoms with E-state index >= 15 is 0 Å². The first-order valence-corrected chi connectivity index (χ1v) is 9.03. The fraction of sp³-hybridized carbons (Fsp3) is 0.0952. The first kappa shape index (κ1) is 18.3. The van der Waals surface area contributed by atoms with Gasteiger partial charge in [0.25, 0.3) is 5.91 Å². The lowest BCUT2D eigenvalue weighted by molar-refractivity contribution is 0.102. The van der Waals surface area contributed by atoms with Gasteiger partial charge in [0, 0.05) is 29.3 Å². The van der Waals surface area contributed by atoms with E-state index in [1.807, 2.05) is 62.4 Å². The van der Waals surface area contributed by atoms with Crippen LogP contribution in [0.2, 0.25) is 0 Å². The zero-order chi connectivity index (χ0) is 20.2. The largest absolute Gasteiger partial charge is 0.340 e. The number of amides is 1. The Bertz CT molecular complexity index is 1140. The van der Waals surface area contributed by atoms with Crippen LogP contribution in [0.25, 0.3) is 5.82 Å². The van der Waals surface area contributed by atoms with Gasteiger partial charge in [0.2, 0.25) is 0 Å². The smallest absolute Gasteiger partial charge is 0.259 e. The van der Waals surface area contributed by atoms with Crippen LogP contribution >= 0.6 is 0 Å². The molecule has 0 bridgehead atoms. The number of aryl methyl sites for hydroxylation is 1. The Labute approximate surface area is 167 Å². The number of pyridine rings is 1. The highest BCUT2D eigenvalue weighted by Crippen LogP contribution is 2.19. The molecule has 0 aliphatic heterocycles. The van der Waals surface area contributed by atoms with Crippen LogP contribution in [0.15, 0.2) is 67.3 Å². The number of carbonyl (C=O) groups is 1. The first-order valence-electron chi connectivity index (χ1n) is 9.03. The lowest BCUT2D eigenvalue weighted by atomic mass is 10.2. The number of nitrogens with zero attached hydrogens (tertiary/aromatic N) is 5. The van der Waals surface area contributed by atoms with Gasteiger partial charge < -0.3 is 10.6 Å². The van der Waals surface area contributed by atoms with Crippen molar-refractivity contribution in [1.82, 2.24) is 24.7 Å². The van der Waals surface area contributed by atoms with Crippen molar-refractivity contribution in [3.8, 4) is 5.82 Å². The van der Waals surface area contributed by atoms with E-state index in [0.29, 0.717) is 22.9 Å². The number of anilines is 3. The predicted molar refractivity (Wildman–Crippen MR) is 111 cm³/mol. The molecule has 0 aliphatic carbocycles. The van der Waals surface area contributed by atoms with E-state index in [1.165, 1.54) is 6.33 Å². The summed E-state index contributed by atoms with van der Waals surface area (Å²) in [7, 11) is 0. The minimum absolute atomic E-state index is 0.225. The molecule has 3 heterocycles. The summed E-state index contributed by atoms with van der Waals surface area (Å²) >= 11 is 0. The third-order valence-corrected chi connectivity index (χ3v) is 4.34. The summed E-state index contributed by atoms with van der Waals surface area (Å²) in [6.07, 6.45) is 4.75. The van der Waals surface area contributed by atoms with Gasteiger partial charge in [-0.2, -0.15) is 5.10 Å². The van der Waals surface area contributed by atoms with Crippen molar-refractivity contribution in [3.63, 3.8) is 0 Å². The van der Waals surface area contributed by atoms with Crippen molar-refractivity contribution in [2.45, 2.75) is 13.8 Å². The molecule has 8 nitrogen and oxygen atoms in total. The Morgan fingerprint density at radius 1 is 0.966 bits per heavy atom. The number of aromatic nitrogens is 5. The summed E-state index contributed by atoms with van der Waals surface area (Å²) in [4.78, 5) is 25.2. The maximum absolute atomic E-state index is 12.7. The van der Waals surface area contributed by atoms with Gasteiger partial charge in [0.15, 0.2) is 5.82 Å². The Morgan fingerprint density at radius 3 is 2.48 bits per heavy atom. The van der Waals surface area contributed by atoms with Crippen LogP contribution in [-0.4, -0.2) is 30.6 Å². The van der Waals surface area contributed by atoms with E-state index in [-0.39, 0.29) is 5.91 Å². The maximum Gasteiger partial charge on any atom is 0.259 e. The monoisotopic (exact) mass is 385 g/mol. The number of nitrogens with one attached hydrogen (secondary N) is 2. The van der Waals surface area contributed by atoms with Gasteiger partial charge in [-0.05, 0) is 50.2 Å². The summed E-state index contributed by atoms with van der Waals surface area (Å²) in [6, 6.07) is 14.8. The van der Waals surface area contributed by atoms with Gasteiger partial charge in [0.05, 0.1) is 17.5 Å². The molecule has 29 heavy (non-hydrogen) atoms. The molecular weight excluding hydrogens is 366 g/mol. The third-order valence-electron chi connectivity index (χ3n) is 4.34. The summed E-state index contributed by atoms with van der Waals surface area (Å²) < 4.78 is 1.64. The van der Waals surface area contributed by atoms with E-state index < -0.39 is 0 Å². The minimum atomic E-state index is -0.225.